The predicted octanol–water partition coefficient (Wildman–Crippen LogP) is 2.90. The second kappa shape index (κ2) is 11.0. The molecule has 2 rings (SSSR count). The number of benzene rings is 1. The number of carbonyl (C=O) groups is 3. The van der Waals surface area contributed by atoms with Gasteiger partial charge in [-0.05, 0) is 50.2 Å². The highest BCUT2D eigenvalue weighted by Crippen LogP contribution is 2.23. The molecule has 1 aromatic carbocycles. The van der Waals surface area contributed by atoms with E-state index in [1.54, 1.807) is 0 Å². The lowest BCUT2D eigenvalue weighted by Crippen LogP contribution is -2.54. The van der Waals surface area contributed by atoms with Crippen LogP contribution in [0.3, 0.4) is 0 Å². The van der Waals surface area contributed by atoms with Gasteiger partial charge in [-0.25, -0.2) is 0 Å². The third-order valence-electron chi connectivity index (χ3n) is 5.34. The second-order valence-corrected chi connectivity index (χ2v) is 8.43. The van der Waals surface area contributed by atoms with Crippen molar-refractivity contribution in [2.24, 2.45) is 11.8 Å². The van der Waals surface area contributed by atoms with Crippen LogP contribution >= 0.6 is 0 Å². The van der Waals surface area contributed by atoms with E-state index in [0.29, 0.717) is 44.5 Å². The number of nitrogens with zero attached hydrogens (tertiary/aromatic N) is 1. The highest BCUT2D eigenvalue weighted by molar-refractivity contribution is 5.94. The molecule has 6 nitrogen and oxygen atoms in total. The molecule has 0 aromatic heterocycles. The maximum absolute atomic E-state index is 12.7. The zero-order valence-corrected chi connectivity index (χ0v) is 18.2. The van der Waals surface area contributed by atoms with Gasteiger partial charge in [0.2, 0.25) is 11.8 Å². The molecule has 6 heteroatoms. The highest BCUT2D eigenvalue weighted by atomic mass is 16.2. The summed E-state index contributed by atoms with van der Waals surface area (Å²) >= 11 is 0. The molecule has 160 valence electrons. The number of piperidine rings is 1. The fourth-order valence-electron chi connectivity index (χ4n) is 3.67. The van der Waals surface area contributed by atoms with Crippen molar-refractivity contribution in [1.29, 1.82) is 0 Å². The van der Waals surface area contributed by atoms with Gasteiger partial charge in [0.15, 0.2) is 0 Å². The number of likely N-dealkylation sites (tertiary alicyclic amines) is 1. The summed E-state index contributed by atoms with van der Waals surface area (Å²) < 4.78 is 0. The van der Waals surface area contributed by atoms with Crippen molar-refractivity contribution in [1.82, 2.24) is 15.5 Å². The van der Waals surface area contributed by atoms with Crippen LogP contribution in [-0.4, -0.2) is 48.3 Å². The normalized spacial score (nSPS) is 15.8. The molecule has 0 bridgehead atoms. The first-order valence-corrected chi connectivity index (χ1v) is 10.7. The van der Waals surface area contributed by atoms with Crippen LogP contribution in [-0.2, 0) is 9.59 Å². The van der Waals surface area contributed by atoms with Gasteiger partial charge in [0.1, 0.15) is 6.04 Å². The first-order chi connectivity index (χ1) is 13.8. The minimum absolute atomic E-state index is 0.0271. The van der Waals surface area contributed by atoms with Crippen molar-refractivity contribution < 1.29 is 14.4 Å². The van der Waals surface area contributed by atoms with Gasteiger partial charge >= 0.3 is 0 Å². The van der Waals surface area contributed by atoms with Gasteiger partial charge in [-0.2, -0.15) is 0 Å². The number of carbonyl (C=O) groups excluding carboxylic acids is 3. The molecule has 1 fully saturated rings. The summed E-state index contributed by atoms with van der Waals surface area (Å²) in [5.74, 6) is 0.0923. The summed E-state index contributed by atoms with van der Waals surface area (Å²) in [5, 5.41) is 5.87. The van der Waals surface area contributed by atoms with Gasteiger partial charge in [-0.15, -0.1) is 0 Å². The van der Waals surface area contributed by atoms with Crippen LogP contribution in [0.1, 0.15) is 62.4 Å². The fourth-order valence-corrected chi connectivity index (χ4v) is 3.67. The molecule has 1 aliphatic rings. The topological polar surface area (TPSA) is 78.5 Å². The molecule has 29 heavy (non-hydrogen) atoms. The Morgan fingerprint density at radius 2 is 1.72 bits per heavy atom. The SMILES string of the molecule is CCCNC(=O)C(NC(=O)CC(C)C)C1CCN(C(=O)c2ccc(C)cc2)CC1. The second-order valence-electron chi connectivity index (χ2n) is 8.43. The molecule has 1 unspecified atom stereocenters. The van der Waals surface area contributed by atoms with E-state index in [2.05, 4.69) is 10.6 Å². The number of aryl methyl sites for hydroxylation is 1. The van der Waals surface area contributed by atoms with E-state index >= 15 is 0 Å². The highest BCUT2D eigenvalue weighted by Gasteiger charge is 2.33. The Bertz CT molecular complexity index is 692. The van der Waals surface area contributed by atoms with E-state index in [1.807, 2.05) is 56.9 Å². The largest absolute Gasteiger partial charge is 0.354 e. The monoisotopic (exact) mass is 401 g/mol. The average molecular weight is 402 g/mol. The lowest BCUT2D eigenvalue weighted by Gasteiger charge is -2.36. The van der Waals surface area contributed by atoms with E-state index in [9.17, 15) is 14.4 Å². The quantitative estimate of drug-likeness (QED) is 0.703. The third-order valence-corrected chi connectivity index (χ3v) is 5.34. The van der Waals surface area contributed by atoms with Gasteiger partial charge < -0.3 is 15.5 Å². The van der Waals surface area contributed by atoms with Gasteiger partial charge in [0.25, 0.3) is 5.91 Å². The average Bonchev–Trinajstić information content (AvgIpc) is 2.70. The van der Waals surface area contributed by atoms with Crippen LogP contribution < -0.4 is 10.6 Å². The summed E-state index contributed by atoms with van der Waals surface area (Å²) in [6.45, 7) is 9.75. The van der Waals surface area contributed by atoms with Crippen LogP contribution in [0.25, 0.3) is 0 Å². The third kappa shape index (κ3) is 6.87. The molecule has 1 atom stereocenters. The van der Waals surface area contributed by atoms with Crippen LogP contribution in [0.5, 0.6) is 0 Å². The van der Waals surface area contributed by atoms with Gasteiger partial charge in [-0.3, -0.25) is 14.4 Å². The number of hydrogen-bond acceptors (Lipinski definition) is 3. The molecule has 1 aromatic rings. The standard InChI is InChI=1S/C23H35N3O3/c1-5-12-24-22(28)21(25-20(27)15-16(2)3)18-10-13-26(14-11-18)23(29)19-8-6-17(4)7-9-19/h6-9,16,18,21H,5,10-15H2,1-4H3,(H,24,28)(H,25,27). The van der Waals surface area contributed by atoms with Crippen molar-refractivity contribution in [2.75, 3.05) is 19.6 Å². The molecule has 0 spiro atoms. The smallest absolute Gasteiger partial charge is 0.253 e. The molecule has 1 aliphatic heterocycles. The Balaban J connectivity index is 2.00. The first kappa shape index (κ1) is 22.9. The fraction of sp³-hybridized carbons (Fsp3) is 0.609. The molecule has 0 aliphatic carbocycles. The Labute approximate surface area is 174 Å². The zero-order valence-electron chi connectivity index (χ0n) is 18.2. The van der Waals surface area contributed by atoms with E-state index in [4.69, 9.17) is 0 Å². The van der Waals surface area contributed by atoms with Crippen LogP contribution in [0.15, 0.2) is 24.3 Å². The van der Waals surface area contributed by atoms with Crippen molar-refractivity contribution >= 4 is 17.7 Å². The summed E-state index contributed by atoms with van der Waals surface area (Å²) in [5.41, 5.74) is 1.81. The molecule has 1 saturated heterocycles. The Hall–Kier alpha value is -2.37. The van der Waals surface area contributed by atoms with Crippen molar-refractivity contribution in [3.63, 3.8) is 0 Å². The molecular weight excluding hydrogens is 366 g/mol. The maximum Gasteiger partial charge on any atom is 0.253 e. The number of hydrogen-bond donors (Lipinski definition) is 2. The Morgan fingerprint density at radius 3 is 2.28 bits per heavy atom. The number of nitrogens with one attached hydrogen (secondary N) is 2. The van der Waals surface area contributed by atoms with E-state index in [1.165, 1.54) is 0 Å². The lowest BCUT2D eigenvalue weighted by molar-refractivity contribution is -0.131. The number of rotatable bonds is 8. The summed E-state index contributed by atoms with van der Waals surface area (Å²) in [7, 11) is 0. The van der Waals surface area contributed by atoms with Gasteiger partial charge in [-0.1, -0.05) is 38.5 Å². The molecule has 1 heterocycles. The molecule has 0 radical (unpaired) electrons. The van der Waals surface area contributed by atoms with Crippen LogP contribution in [0, 0.1) is 18.8 Å². The van der Waals surface area contributed by atoms with Crippen molar-refractivity contribution in [3.05, 3.63) is 35.4 Å². The lowest BCUT2D eigenvalue weighted by atomic mass is 9.88. The van der Waals surface area contributed by atoms with Crippen molar-refractivity contribution in [2.45, 2.75) is 59.4 Å². The van der Waals surface area contributed by atoms with Gasteiger partial charge in [0.05, 0.1) is 0 Å². The van der Waals surface area contributed by atoms with Gasteiger partial charge in [0, 0.05) is 31.6 Å². The first-order valence-electron chi connectivity index (χ1n) is 10.7. The minimum atomic E-state index is -0.538. The summed E-state index contributed by atoms with van der Waals surface area (Å²) in [4.78, 5) is 39.6. The van der Waals surface area contributed by atoms with E-state index in [-0.39, 0.29) is 29.6 Å². The van der Waals surface area contributed by atoms with Crippen LogP contribution in [0.2, 0.25) is 0 Å². The molecule has 3 amide bonds. The number of amides is 3. The zero-order chi connectivity index (χ0) is 21.4. The maximum atomic E-state index is 12.7. The van der Waals surface area contributed by atoms with Crippen molar-refractivity contribution in [3.8, 4) is 0 Å². The summed E-state index contributed by atoms with van der Waals surface area (Å²) in [6.07, 6.45) is 2.65. The Kier molecular flexibility index (Phi) is 8.68. The molecular formula is C23H35N3O3. The summed E-state index contributed by atoms with van der Waals surface area (Å²) in [6, 6.07) is 7.06. The minimum Gasteiger partial charge on any atom is -0.354 e. The van der Waals surface area contributed by atoms with Crippen LogP contribution in [0.4, 0.5) is 0 Å². The Morgan fingerprint density at radius 1 is 1.10 bits per heavy atom. The van der Waals surface area contributed by atoms with E-state index < -0.39 is 6.04 Å². The van der Waals surface area contributed by atoms with E-state index in [0.717, 1.165) is 12.0 Å². The molecule has 2 N–H and O–H groups in total. The molecule has 0 saturated carbocycles. The predicted molar refractivity (Wildman–Crippen MR) is 114 cm³/mol.